The summed E-state index contributed by atoms with van der Waals surface area (Å²) in [7, 11) is 1.22. The van der Waals surface area contributed by atoms with Crippen LogP contribution in [0.15, 0.2) is 16.6 Å². The summed E-state index contributed by atoms with van der Waals surface area (Å²) in [6, 6.07) is 2.81. The van der Waals surface area contributed by atoms with E-state index in [9.17, 15) is 13.2 Å². The number of alkyl halides is 3. The number of hydrogen-bond acceptors (Lipinski definition) is 1. The molecule has 1 nitrogen and oxygen atoms in total. The van der Waals surface area contributed by atoms with Gasteiger partial charge in [-0.2, -0.15) is 13.2 Å². The van der Waals surface area contributed by atoms with Crippen LogP contribution < -0.4 is 4.74 Å². The Labute approximate surface area is 101 Å². The summed E-state index contributed by atoms with van der Waals surface area (Å²) in [5.41, 5.74) is -0.741. The van der Waals surface area contributed by atoms with Gasteiger partial charge in [0.05, 0.1) is 7.11 Å². The smallest absolute Gasteiger partial charge is 0.421 e. The zero-order valence-electron chi connectivity index (χ0n) is 6.95. The molecule has 1 rings (SSSR count). The van der Waals surface area contributed by atoms with Crippen LogP contribution >= 0.6 is 38.5 Å². The van der Waals surface area contributed by atoms with Gasteiger partial charge in [0, 0.05) is 8.04 Å². The van der Waals surface area contributed by atoms with Crippen molar-refractivity contribution in [2.24, 2.45) is 0 Å². The Kier molecular flexibility index (Phi) is 3.68. The zero-order valence-corrected chi connectivity index (χ0v) is 10.7. The number of rotatable bonds is 1. The summed E-state index contributed by atoms with van der Waals surface area (Å²) < 4.78 is 42.9. The van der Waals surface area contributed by atoms with Crippen molar-refractivity contribution < 1.29 is 17.9 Å². The molecule has 0 aromatic heterocycles. The highest BCUT2D eigenvalue weighted by atomic mass is 127. The Morgan fingerprint density at radius 1 is 1.36 bits per heavy atom. The molecule has 0 spiro atoms. The molecule has 1 aromatic rings. The van der Waals surface area contributed by atoms with Gasteiger partial charge in [0.1, 0.15) is 11.3 Å². The van der Waals surface area contributed by atoms with Crippen LogP contribution in [0, 0.1) is 3.57 Å². The highest BCUT2D eigenvalue weighted by Gasteiger charge is 2.37. The van der Waals surface area contributed by atoms with Crippen LogP contribution in [-0.2, 0) is 6.18 Å². The number of ether oxygens (including phenoxy) is 1. The molecule has 0 atom stereocenters. The van der Waals surface area contributed by atoms with Crippen LogP contribution in [-0.4, -0.2) is 7.11 Å². The molecule has 78 valence electrons. The molecule has 1 aromatic carbocycles. The van der Waals surface area contributed by atoms with E-state index in [-0.39, 0.29) is 9.32 Å². The Bertz CT molecular complexity index is 351. The molecule has 0 fully saturated rings. The molecule has 14 heavy (non-hydrogen) atoms. The second-order valence-corrected chi connectivity index (χ2v) is 4.37. The van der Waals surface area contributed by atoms with Gasteiger partial charge in [0.15, 0.2) is 0 Å². The van der Waals surface area contributed by atoms with Crippen molar-refractivity contribution in [1.29, 1.82) is 0 Å². The number of methoxy groups -OCH3 is 1. The van der Waals surface area contributed by atoms with E-state index < -0.39 is 11.7 Å². The molecule has 0 bridgehead atoms. The van der Waals surface area contributed by atoms with E-state index in [0.29, 0.717) is 4.47 Å². The highest BCUT2D eigenvalue weighted by Crippen LogP contribution is 2.41. The van der Waals surface area contributed by atoms with Crippen molar-refractivity contribution in [2.45, 2.75) is 6.18 Å². The van der Waals surface area contributed by atoms with Crippen molar-refractivity contribution in [2.75, 3.05) is 7.11 Å². The van der Waals surface area contributed by atoms with E-state index in [2.05, 4.69) is 20.7 Å². The summed E-state index contributed by atoms with van der Waals surface area (Å²) >= 11 is 4.67. The number of benzene rings is 1. The quantitative estimate of drug-likeness (QED) is 0.667. The fraction of sp³-hybridized carbons (Fsp3) is 0.250. The second-order valence-electron chi connectivity index (χ2n) is 2.44. The molecule has 0 amide bonds. The summed E-state index contributed by atoms with van der Waals surface area (Å²) in [5, 5.41) is 0. The van der Waals surface area contributed by atoms with Gasteiger partial charge >= 0.3 is 6.18 Å². The van der Waals surface area contributed by atoms with E-state index in [4.69, 9.17) is 0 Å². The zero-order chi connectivity index (χ0) is 10.9. The van der Waals surface area contributed by atoms with Gasteiger partial charge in [0.25, 0.3) is 0 Å². The normalized spacial score (nSPS) is 11.6. The predicted molar refractivity (Wildman–Crippen MR) is 58.4 cm³/mol. The molecular formula is C8H5BrF3IO. The summed E-state index contributed by atoms with van der Waals surface area (Å²) in [6.45, 7) is 0. The van der Waals surface area contributed by atoms with Crippen LogP contribution in [0.3, 0.4) is 0 Å². The molecule has 0 aliphatic carbocycles. The first-order chi connectivity index (χ1) is 6.38. The van der Waals surface area contributed by atoms with Crippen LogP contribution in [0.25, 0.3) is 0 Å². The summed E-state index contributed by atoms with van der Waals surface area (Å²) in [6.07, 6.45) is -4.40. The summed E-state index contributed by atoms with van der Waals surface area (Å²) in [4.78, 5) is 0. The standard InChI is InChI=1S/C8H5BrF3IO/c1-14-5-3-2-4(9)7(13)6(5)8(10,11)12/h2-3H,1H3. The largest absolute Gasteiger partial charge is 0.496 e. The minimum atomic E-state index is -4.40. The van der Waals surface area contributed by atoms with Gasteiger partial charge in [0.2, 0.25) is 0 Å². The van der Waals surface area contributed by atoms with E-state index in [1.54, 1.807) is 22.6 Å². The maximum absolute atomic E-state index is 12.6. The Balaban J connectivity index is 3.44. The van der Waals surface area contributed by atoms with Crippen molar-refractivity contribution in [3.05, 3.63) is 25.7 Å². The molecule has 0 unspecified atom stereocenters. The SMILES string of the molecule is COc1ccc(Br)c(I)c1C(F)(F)F. The Morgan fingerprint density at radius 3 is 2.36 bits per heavy atom. The lowest BCUT2D eigenvalue weighted by molar-refractivity contribution is -0.139. The molecule has 6 heteroatoms. The molecule has 0 heterocycles. The average molecular weight is 381 g/mol. The van der Waals surface area contributed by atoms with Crippen molar-refractivity contribution in [3.63, 3.8) is 0 Å². The maximum atomic E-state index is 12.6. The van der Waals surface area contributed by atoms with Gasteiger partial charge in [-0.05, 0) is 50.7 Å². The van der Waals surface area contributed by atoms with Gasteiger partial charge in [-0.3, -0.25) is 0 Å². The molecule has 0 aliphatic rings. The van der Waals surface area contributed by atoms with Gasteiger partial charge in [-0.25, -0.2) is 0 Å². The van der Waals surface area contributed by atoms with Crippen molar-refractivity contribution >= 4 is 38.5 Å². The first-order valence-corrected chi connectivity index (χ1v) is 5.34. The van der Waals surface area contributed by atoms with Gasteiger partial charge in [-0.1, -0.05) is 0 Å². The maximum Gasteiger partial charge on any atom is 0.421 e. The van der Waals surface area contributed by atoms with Gasteiger partial charge < -0.3 is 4.74 Å². The molecule has 0 N–H and O–H groups in total. The van der Waals surface area contributed by atoms with Crippen LogP contribution in [0.4, 0.5) is 13.2 Å². The monoisotopic (exact) mass is 380 g/mol. The number of hydrogen-bond donors (Lipinski definition) is 0. The average Bonchev–Trinajstić information content (AvgIpc) is 2.07. The molecule has 0 radical (unpaired) electrons. The van der Waals surface area contributed by atoms with Crippen LogP contribution in [0.5, 0.6) is 5.75 Å². The molecule has 0 saturated carbocycles. The third-order valence-electron chi connectivity index (χ3n) is 1.56. The van der Waals surface area contributed by atoms with Gasteiger partial charge in [-0.15, -0.1) is 0 Å². The first-order valence-electron chi connectivity index (χ1n) is 3.47. The third kappa shape index (κ3) is 2.33. The fourth-order valence-electron chi connectivity index (χ4n) is 0.967. The van der Waals surface area contributed by atoms with Crippen molar-refractivity contribution in [3.8, 4) is 5.75 Å². The minimum Gasteiger partial charge on any atom is -0.496 e. The predicted octanol–water partition coefficient (Wildman–Crippen LogP) is 4.08. The van der Waals surface area contributed by atoms with Crippen molar-refractivity contribution in [1.82, 2.24) is 0 Å². The Hall–Kier alpha value is 0.0200. The molecule has 0 saturated heterocycles. The van der Waals surface area contributed by atoms with E-state index >= 15 is 0 Å². The lowest BCUT2D eigenvalue weighted by Gasteiger charge is -2.14. The lowest BCUT2D eigenvalue weighted by atomic mass is 10.2. The second kappa shape index (κ2) is 4.26. The minimum absolute atomic E-state index is 0.106. The Morgan fingerprint density at radius 2 is 1.93 bits per heavy atom. The topological polar surface area (TPSA) is 9.23 Å². The molecular weight excluding hydrogens is 376 g/mol. The first kappa shape index (κ1) is 12.1. The van der Waals surface area contributed by atoms with Crippen LogP contribution in [0.2, 0.25) is 0 Å². The van der Waals surface area contributed by atoms with E-state index in [1.165, 1.54) is 19.2 Å². The fourth-order valence-corrected chi connectivity index (χ4v) is 2.05. The number of halogens is 5. The van der Waals surface area contributed by atoms with Crippen LogP contribution in [0.1, 0.15) is 5.56 Å². The van der Waals surface area contributed by atoms with E-state index in [1.807, 2.05) is 0 Å². The van der Waals surface area contributed by atoms with E-state index in [0.717, 1.165) is 0 Å². The highest BCUT2D eigenvalue weighted by molar-refractivity contribution is 14.1. The summed E-state index contributed by atoms with van der Waals surface area (Å²) in [5.74, 6) is -0.162. The third-order valence-corrected chi connectivity index (χ3v) is 4.08. The molecule has 0 aliphatic heterocycles. The lowest BCUT2D eigenvalue weighted by Crippen LogP contribution is -2.10.